The van der Waals surface area contributed by atoms with Gasteiger partial charge in [-0.1, -0.05) is 11.2 Å². The Morgan fingerprint density at radius 2 is 2.00 bits per heavy atom. The number of aromatic nitrogens is 1. The fourth-order valence-electron chi connectivity index (χ4n) is 4.31. The van der Waals surface area contributed by atoms with Crippen molar-refractivity contribution in [2.24, 2.45) is 4.99 Å². The SMILES string of the molecule is CCNC(=NCc1c(O)ccc2c1CCCC2)N1CCN(Cc2ccon2)CC1. The van der Waals surface area contributed by atoms with Crippen molar-refractivity contribution in [1.29, 1.82) is 0 Å². The highest BCUT2D eigenvalue weighted by Gasteiger charge is 2.21. The fraction of sp³-hybridized carbons (Fsp3) is 0.545. The van der Waals surface area contributed by atoms with Crippen LogP contribution in [-0.2, 0) is 25.9 Å². The van der Waals surface area contributed by atoms with Crippen LogP contribution in [0.15, 0.2) is 34.0 Å². The minimum absolute atomic E-state index is 0.377. The van der Waals surface area contributed by atoms with Crippen LogP contribution in [0.2, 0.25) is 0 Å². The second kappa shape index (κ2) is 9.31. The van der Waals surface area contributed by atoms with E-state index in [0.29, 0.717) is 12.3 Å². The molecule has 0 spiro atoms. The molecule has 2 aromatic rings. The summed E-state index contributed by atoms with van der Waals surface area (Å²) < 4.78 is 4.93. The van der Waals surface area contributed by atoms with Crippen molar-refractivity contribution in [3.8, 4) is 5.75 Å². The van der Waals surface area contributed by atoms with Crippen LogP contribution < -0.4 is 5.32 Å². The third-order valence-electron chi connectivity index (χ3n) is 5.90. The van der Waals surface area contributed by atoms with Crippen LogP contribution in [-0.4, -0.2) is 58.7 Å². The molecule has 2 heterocycles. The summed E-state index contributed by atoms with van der Waals surface area (Å²) in [5.74, 6) is 1.31. The number of piperazine rings is 1. The van der Waals surface area contributed by atoms with Crippen LogP contribution in [0.1, 0.15) is 42.1 Å². The Balaban J connectivity index is 1.42. The van der Waals surface area contributed by atoms with Crippen LogP contribution >= 0.6 is 0 Å². The maximum Gasteiger partial charge on any atom is 0.194 e. The van der Waals surface area contributed by atoms with E-state index in [9.17, 15) is 5.11 Å². The van der Waals surface area contributed by atoms with E-state index in [1.807, 2.05) is 12.1 Å². The lowest BCUT2D eigenvalue weighted by Crippen LogP contribution is -2.52. The molecular weight excluding hydrogens is 366 g/mol. The van der Waals surface area contributed by atoms with Crippen LogP contribution in [0.5, 0.6) is 5.75 Å². The molecule has 7 nitrogen and oxygen atoms in total. The quantitative estimate of drug-likeness (QED) is 0.596. The normalized spacial score (nSPS) is 18.0. The van der Waals surface area contributed by atoms with Gasteiger partial charge >= 0.3 is 0 Å². The molecule has 1 aromatic carbocycles. The van der Waals surface area contributed by atoms with E-state index in [1.165, 1.54) is 24.0 Å². The van der Waals surface area contributed by atoms with Gasteiger partial charge in [0.25, 0.3) is 0 Å². The molecule has 29 heavy (non-hydrogen) atoms. The first-order valence-electron chi connectivity index (χ1n) is 10.7. The van der Waals surface area contributed by atoms with Crippen LogP contribution in [0, 0.1) is 0 Å². The number of phenolic OH excluding ortho intramolecular Hbond substituents is 1. The molecule has 156 valence electrons. The number of aliphatic imine (C=N–C) groups is 1. The molecule has 0 unspecified atom stereocenters. The van der Waals surface area contributed by atoms with Gasteiger partial charge in [0.15, 0.2) is 5.96 Å². The van der Waals surface area contributed by atoms with Gasteiger partial charge in [0, 0.05) is 50.9 Å². The Bertz CT molecular complexity index is 826. The van der Waals surface area contributed by atoms with Gasteiger partial charge in [-0.25, -0.2) is 4.99 Å². The van der Waals surface area contributed by atoms with Gasteiger partial charge in [-0.05, 0) is 49.8 Å². The first-order valence-corrected chi connectivity index (χ1v) is 10.7. The van der Waals surface area contributed by atoms with Gasteiger partial charge < -0.3 is 19.8 Å². The van der Waals surface area contributed by atoms with Gasteiger partial charge in [-0.3, -0.25) is 4.90 Å². The zero-order valence-corrected chi connectivity index (χ0v) is 17.2. The molecule has 7 heteroatoms. The summed E-state index contributed by atoms with van der Waals surface area (Å²) in [7, 11) is 0. The molecule has 1 aliphatic carbocycles. The first kappa shape index (κ1) is 19.8. The van der Waals surface area contributed by atoms with E-state index in [1.54, 1.807) is 6.26 Å². The van der Waals surface area contributed by atoms with Crippen molar-refractivity contribution in [3.63, 3.8) is 0 Å². The number of nitrogens with one attached hydrogen (secondary N) is 1. The summed E-state index contributed by atoms with van der Waals surface area (Å²) in [6.45, 7) is 8.03. The number of rotatable bonds is 5. The molecular formula is C22H31N5O2. The second-order valence-corrected chi connectivity index (χ2v) is 7.83. The van der Waals surface area contributed by atoms with Crippen molar-refractivity contribution >= 4 is 5.96 Å². The van der Waals surface area contributed by atoms with Crippen LogP contribution in [0.25, 0.3) is 0 Å². The number of hydrogen-bond acceptors (Lipinski definition) is 5. The highest BCUT2D eigenvalue weighted by atomic mass is 16.5. The summed E-state index contributed by atoms with van der Waals surface area (Å²) in [6, 6.07) is 5.84. The van der Waals surface area contributed by atoms with Gasteiger partial charge in [0.05, 0.1) is 12.2 Å². The molecule has 0 radical (unpaired) electrons. The molecule has 1 aliphatic heterocycles. The Hall–Kier alpha value is -2.54. The summed E-state index contributed by atoms with van der Waals surface area (Å²) in [5.41, 5.74) is 4.67. The van der Waals surface area contributed by atoms with E-state index < -0.39 is 0 Å². The average Bonchev–Trinajstić information content (AvgIpc) is 3.26. The standard InChI is InChI=1S/C22H31N5O2/c1-2-23-22(27-12-10-26(11-13-27)16-18-9-14-29-25-18)24-15-20-19-6-4-3-5-17(19)7-8-21(20)28/h7-9,14,28H,2-6,10-13,15-16H2,1H3,(H,23,24). The van der Waals surface area contributed by atoms with Crippen molar-refractivity contribution < 1.29 is 9.63 Å². The lowest BCUT2D eigenvalue weighted by Gasteiger charge is -2.36. The maximum absolute atomic E-state index is 10.5. The van der Waals surface area contributed by atoms with E-state index in [0.717, 1.165) is 69.3 Å². The van der Waals surface area contributed by atoms with E-state index >= 15 is 0 Å². The van der Waals surface area contributed by atoms with Crippen LogP contribution in [0.4, 0.5) is 0 Å². The van der Waals surface area contributed by atoms with E-state index in [4.69, 9.17) is 9.52 Å². The number of aromatic hydroxyl groups is 1. The molecule has 4 rings (SSSR count). The van der Waals surface area contributed by atoms with Crippen molar-refractivity contribution in [2.75, 3.05) is 32.7 Å². The van der Waals surface area contributed by atoms with E-state index in [-0.39, 0.29) is 0 Å². The number of aryl methyl sites for hydroxylation is 1. The molecule has 2 aliphatic rings. The maximum atomic E-state index is 10.5. The Morgan fingerprint density at radius 1 is 1.17 bits per heavy atom. The molecule has 2 N–H and O–H groups in total. The van der Waals surface area contributed by atoms with Gasteiger partial charge in [0.2, 0.25) is 0 Å². The predicted octanol–water partition coefficient (Wildman–Crippen LogP) is 2.54. The summed E-state index contributed by atoms with van der Waals surface area (Å²) in [5, 5.41) is 17.9. The molecule has 0 bridgehead atoms. The third-order valence-corrected chi connectivity index (χ3v) is 5.90. The smallest absolute Gasteiger partial charge is 0.194 e. The summed E-state index contributed by atoms with van der Waals surface area (Å²) in [4.78, 5) is 9.60. The third kappa shape index (κ3) is 4.72. The highest BCUT2D eigenvalue weighted by molar-refractivity contribution is 5.80. The average molecular weight is 398 g/mol. The zero-order chi connectivity index (χ0) is 20.1. The lowest BCUT2D eigenvalue weighted by atomic mass is 9.88. The number of benzene rings is 1. The summed E-state index contributed by atoms with van der Waals surface area (Å²) >= 11 is 0. The molecule has 0 amide bonds. The topological polar surface area (TPSA) is 77.1 Å². The zero-order valence-electron chi connectivity index (χ0n) is 17.2. The minimum atomic E-state index is 0.377. The molecule has 1 fully saturated rings. The molecule has 0 saturated carbocycles. The monoisotopic (exact) mass is 397 g/mol. The van der Waals surface area contributed by atoms with E-state index in [2.05, 4.69) is 33.3 Å². The predicted molar refractivity (Wildman–Crippen MR) is 113 cm³/mol. The van der Waals surface area contributed by atoms with Crippen molar-refractivity contribution in [3.05, 3.63) is 46.8 Å². The van der Waals surface area contributed by atoms with Gasteiger partial charge in [0.1, 0.15) is 12.0 Å². The Labute approximate surface area is 172 Å². The number of guanidine groups is 1. The molecule has 0 atom stereocenters. The number of fused-ring (bicyclic) bond motifs is 1. The molecule has 1 aromatic heterocycles. The lowest BCUT2D eigenvalue weighted by molar-refractivity contribution is 0.169. The summed E-state index contributed by atoms with van der Waals surface area (Å²) in [6.07, 6.45) is 6.22. The minimum Gasteiger partial charge on any atom is -0.508 e. The van der Waals surface area contributed by atoms with Crippen LogP contribution in [0.3, 0.4) is 0 Å². The number of hydrogen-bond donors (Lipinski definition) is 2. The van der Waals surface area contributed by atoms with Crippen molar-refractivity contribution in [1.82, 2.24) is 20.3 Å². The number of phenols is 1. The Kier molecular flexibility index (Phi) is 6.34. The van der Waals surface area contributed by atoms with Crippen molar-refractivity contribution in [2.45, 2.75) is 45.7 Å². The fourth-order valence-corrected chi connectivity index (χ4v) is 4.31. The number of nitrogens with zero attached hydrogens (tertiary/aromatic N) is 4. The second-order valence-electron chi connectivity index (χ2n) is 7.83. The highest BCUT2D eigenvalue weighted by Crippen LogP contribution is 2.31. The first-order chi connectivity index (χ1) is 14.2. The van der Waals surface area contributed by atoms with Gasteiger partial charge in [-0.15, -0.1) is 0 Å². The Morgan fingerprint density at radius 3 is 2.76 bits per heavy atom. The van der Waals surface area contributed by atoms with Gasteiger partial charge in [-0.2, -0.15) is 0 Å². The molecule has 1 saturated heterocycles. The largest absolute Gasteiger partial charge is 0.508 e.